The normalized spacial score (nSPS) is 13.6. The number of hydrogen-bond donors (Lipinski definition) is 1. The van der Waals surface area contributed by atoms with Gasteiger partial charge in [-0.2, -0.15) is 11.8 Å². The first-order valence-electron chi connectivity index (χ1n) is 11.0. The summed E-state index contributed by atoms with van der Waals surface area (Å²) in [7, 11) is 0. The van der Waals surface area contributed by atoms with Crippen molar-refractivity contribution in [2.24, 2.45) is 0 Å². The molecule has 0 unspecified atom stereocenters. The Morgan fingerprint density at radius 1 is 0.968 bits per heavy atom. The predicted octanol–water partition coefficient (Wildman–Crippen LogP) is 5.22. The lowest BCUT2D eigenvalue weighted by Gasteiger charge is -2.28. The average Bonchev–Trinajstić information content (AvgIpc) is 2.80. The van der Waals surface area contributed by atoms with Crippen LogP contribution in [0, 0.1) is 6.92 Å². The van der Waals surface area contributed by atoms with E-state index >= 15 is 0 Å². The lowest BCUT2D eigenvalue weighted by Crippen LogP contribution is -2.30. The van der Waals surface area contributed by atoms with E-state index in [1.807, 2.05) is 23.9 Å². The summed E-state index contributed by atoms with van der Waals surface area (Å²) in [4.78, 5) is 14.9. The molecule has 1 N–H and O–H groups in total. The third-order valence-electron chi connectivity index (χ3n) is 5.88. The van der Waals surface area contributed by atoms with Gasteiger partial charge in [-0.05, 0) is 53.3 Å². The molecule has 1 aliphatic rings. The van der Waals surface area contributed by atoms with Gasteiger partial charge in [-0.15, -0.1) is 0 Å². The summed E-state index contributed by atoms with van der Waals surface area (Å²) in [5.41, 5.74) is 7.59. The zero-order chi connectivity index (χ0) is 21.5. The van der Waals surface area contributed by atoms with Gasteiger partial charge >= 0.3 is 0 Å². The number of rotatable bonds is 8. The molecule has 4 rings (SSSR count). The minimum atomic E-state index is 0.00921. The standard InChI is InChI=1S/C27H30N2OS/c1-21-6-2-3-9-26(21)20-31-17-15-28-27(30)24-12-10-22(11-13-24)18-29-16-14-23-7-4-5-8-25(23)19-29/h2-13H,14-20H2,1H3,(H,28,30). The zero-order valence-electron chi connectivity index (χ0n) is 18.1. The van der Waals surface area contributed by atoms with E-state index in [0.29, 0.717) is 6.54 Å². The minimum Gasteiger partial charge on any atom is -0.351 e. The fourth-order valence-corrected chi connectivity index (χ4v) is 4.94. The number of carbonyl (C=O) groups is 1. The molecule has 3 aromatic rings. The van der Waals surface area contributed by atoms with Gasteiger partial charge in [0.15, 0.2) is 0 Å². The number of benzene rings is 3. The number of aryl methyl sites for hydroxylation is 1. The van der Waals surface area contributed by atoms with E-state index in [-0.39, 0.29) is 5.91 Å². The van der Waals surface area contributed by atoms with Crippen molar-refractivity contribution >= 4 is 17.7 Å². The van der Waals surface area contributed by atoms with Crippen molar-refractivity contribution in [3.05, 3.63) is 106 Å². The highest BCUT2D eigenvalue weighted by molar-refractivity contribution is 7.98. The number of carbonyl (C=O) groups excluding carboxylic acids is 1. The molecule has 0 radical (unpaired) electrons. The molecule has 0 aliphatic carbocycles. The second-order valence-electron chi connectivity index (χ2n) is 8.16. The van der Waals surface area contributed by atoms with Crippen LogP contribution in [0.15, 0.2) is 72.8 Å². The molecule has 0 saturated heterocycles. The highest BCUT2D eigenvalue weighted by Gasteiger charge is 2.16. The van der Waals surface area contributed by atoms with Crippen LogP contribution in [0.1, 0.15) is 38.2 Å². The summed E-state index contributed by atoms with van der Waals surface area (Å²) >= 11 is 1.85. The van der Waals surface area contributed by atoms with E-state index in [1.165, 1.54) is 27.8 Å². The Bertz CT molecular complexity index is 1020. The van der Waals surface area contributed by atoms with Crippen LogP contribution < -0.4 is 5.32 Å². The summed E-state index contributed by atoms with van der Waals surface area (Å²) in [6.45, 7) is 5.83. The van der Waals surface area contributed by atoms with Gasteiger partial charge in [-0.25, -0.2) is 0 Å². The van der Waals surface area contributed by atoms with Gasteiger partial charge in [0, 0.05) is 43.2 Å². The maximum absolute atomic E-state index is 12.4. The van der Waals surface area contributed by atoms with Crippen molar-refractivity contribution in [3.8, 4) is 0 Å². The molecule has 1 heterocycles. The number of fused-ring (bicyclic) bond motifs is 1. The Kier molecular flexibility index (Phi) is 7.44. The first kappa shape index (κ1) is 21.7. The molecule has 0 fully saturated rings. The molecular formula is C27H30N2OS. The molecule has 31 heavy (non-hydrogen) atoms. The summed E-state index contributed by atoms with van der Waals surface area (Å²) in [5, 5.41) is 3.04. The summed E-state index contributed by atoms with van der Waals surface area (Å²) in [5.74, 6) is 1.90. The molecule has 4 heteroatoms. The van der Waals surface area contributed by atoms with Gasteiger partial charge in [0.05, 0.1) is 0 Å². The molecular weight excluding hydrogens is 400 g/mol. The highest BCUT2D eigenvalue weighted by Crippen LogP contribution is 2.20. The zero-order valence-corrected chi connectivity index (χ0v) is 19.0. The molecule has 0 atom stereocenters. The molecule has 1 amide bonds. The Morgan fingerprint density at radius 2 is 1.71 bits per heavy atom. The molecule has 0 bridgehead atoms. The second-order valence-corrected chi connectivity index (χ2v) is 9.27. The van der Waals surface area contributed by atoms with Crippen LogP contribution in [0.4, 0.5) is 0 Å². The van der Waals surface area contributed by atoms with Gasteiger partial charge in [0.2, 0.25) is 0 Å². The molecule has 0 spiro atoms. The van der Waals surface area contributed by atoms with Crippen molar-refractivity contribution in [1.29, 1.82) is 0 Å². The lowest BCUT2D eigenvalue weighted by atomic mass is 9.99. The van der Waals surface area contributed by atoms with Crippen LogP contribution in [-0.2, 0) is 25.3 Å². The third-order valence-corrected chi connectivity index (χ3v) is 6.89. The maximum Gasteiger partial charge on any atom is 0.251 e. The maximum atomic E-state index is 12.4. The van der Waals surface area contributed by atoms with E-state index in [9.17, 15) is 4.79 Å². The van der Waals surface area contributed by atoms with E-state index in [0.717, 1.165) is 43.1 Å². The number of hydrogen-bond acceptors (Lipinski definition) is 3. The largest absolute Gasteiger partial charge is 0.351 e. The quantitative estimate of drug-likeness (QED) is 0.498. The van der Waals surface area contributed by atoms with Crippen molar-refractivity contribution < 1.29 is 4.79 Å². The predicted molar refractivity (Wildman–Crippen MR) is 130 cm³/mol. The highest BCUT2D eigenvalue weighted by atomic mass is 32.2. The Balaban J connectivity index is 1.20. The number of nitrogens with zero attached hydrogens (tertiary/aromatic N) is 1. The van der Waals surface area contributed by atoms with Gasteiger partial charge in [0.1, 0.15) is 0 Å². The fraction of sp³-hybridized carbons (Fsp3) is 0.296. The van der Waals surface area contributed by atoms with E-state index < -0.39 is 0 Å². The fourth-order valence-electron chi connectivity index (χ4n) is 4.00. The van der Waals surface area contributed by atoms with Gasteiger partial charge in [-0.1, -0.05) is 60.7 Å². The minimum absolute atomic E-state index is 0.00921. The number of nitrogens with one attached hydrogen (secondary N) is 1. The Morgan fingerprint density at radius 3 is 2.52 bits per heavy atom. The van der Waals surface area contributed by atoms with Crippen molar-refractivity contribution in [3.63, 3.8) is 0 Å². The Labute approximate surface area is 189 Å². The molecule has 1 aliphatic heterocycles. The molecule has 3 aromatic carbocycles. The van der Waals surface area contributed by atoms with Crippen LogP contribution >= 0.6 is 11.8 Å². The monoisotopic (exact) mass is 430 g/mol. The summed E-state index contributed by atoms with van der Waals surface area (Å²) in [6, 6.07) is 25.3. The van der Waals surface area contributed by atoms with Crippen molar-refractivity contribution in [1.82, 2.24) is 10.2 Å². The van der Waals surface area contributed by atoms with Crippen molar-refractivity contribution in [2.45, 2.75) is 32.2 Å². The van der Waals surface area contributed by atoms with Gasteiger partial charge in [-0.3, -0.25) is 9.69 Å². The summed E-state index contributed by atoms with van der Waals surface area (Å²) in [6.07, 6.45) is 1.11. The molecule has 0 aromatic heterocycles. The first-order chi connectivity index (χ1) is 15.2. The van der Waals surface area contributed by atoms with Crippen LogP contribution in [0.25, 0.3) is 0 Å². The molecule has 3 nitrogen and oxygen atoms in total. The number of amides is 1. The smallest absolute Gasteiger partial charge is 0.251 e. The second kappa shape index (κ2) is 10.7. The summed E-state index contributed by atoms with van der Waals surface area (Å²) < 4.78 is 0. The SMILES string of the molecule is Cc1ccccc1CSCCNC(=O)c1ccc(CN2CCc3ccccc3C2)cc1. The van der Waals surface area contributed by atoms with Crippen LogP contribution in [-0.4, -0.2) is 29.6 Å². The van der Waals surface area contributed by atoms with E-state index in [2.05, 4.69) is 77.8 Å². The molecule has 0 saturated carbocycles. The van der Waals surface area contributed by atoms with Gasteiger partial charge < -0.3 is 5.32 Å². The van der Waals surface area contributed by atoms with Crippen molar-refractivity contribution in [2.75, 3.05) is 18.8 Å². The molecule has 160 valence electrons. The van der Waals surface area contributed by atoms with E-state index in [1.54, 1.807) is 0 Å². The Hall–Kier alpha value is -2.56. The average molecular weight is 431 g/mol. The number of thioether (sulfide) groups is 1. The van der Waals surface area contributed by atoms with Gasteiger partial charge in [0.25, 0.3) is 5.91 Å². The lowest BCUT2D eigenvalue weighted by molar-refractivity contribution is 0.0956. The van der Waals surface area contributed by atoms with Crippen LogP contribution in [0.5, 0.6) is 0 Å². The van der Waals surface area contributed by atoms with Crippen LogP contribution in [0.3, 0.4) is 0 Å². The van der Waals surface area contributed by atoms with Crippen LogP contribution in [0.2, 0.25) is 0 Å². The van der Waals surface area contributed by atoms with E-state index in [4.69, 9.17) is 0 Å². The third kappa shape index (κ3) is 5.99. The topological polar surface area (TPSA) is 32.3 Å². The first-order valence-corrected chi connectivity index (χ1v) is 12.1.